The third kappa shape index (κ3) is 1.58. The molecular weight excluding hydrogens is 173 g/mol. The summed E-state index contributed by atoms with van der Waals surface area (Å²) in [5, 5.41) is 8.73. The van der Waals surface area contributed by atoms with E-state index in [0.717, 1.165) is 6.07 Å². The lowest BCUT2D eigenvalue weighted by molar-refractivity contribution is -0.141. The molecule has 1 rings (SSSR count). The molecule has 0 aliphatic rings. The van der Waals surface area contributed by atoms with Crippen molar-refractivity contribution in [1.82, 2.24) is 4.98 Å². The van der Waals surface area contributed by atoms with Gasteiger partial charge in [0.1, 0.15) is 5.69 Å². The lowest BCUT2D eigenvalue weighted by Gasteiger charge is -2.05. The molecule has 0 saturated heterocycles. The molecule has 0 bridgehead atoms. The molecule has 1 aromatic heterocycles. The maximum absolute atomic E-state index is 11.9. The molecule has 66 valence electrons. The third-order valence-corrected chi connectivity index (χ3v) is 1.20. The summed E-state index contributed by atoms with van der Waals surface area (Å²) in [5.41, 5.74) is 3.72. The van der Waals surface area contributed by atoms with Crippen molar-refractivity contribution in [2.24, 2.45) is 0 Å². The Balaban J connectivity index is 3.14. The zero-order chi connectivity index (χ0) is 9.35. The Morgan fingerprint density at radius 3 is 2.33 bits per heavy atom. The molecule has 6 heteroatoms. The Labute approximate surface area is 65.6 Å². The lowest BCUT2D eigenvalue weighted by Crippen LogP contribution is -2.07. The van der Waals surface area contributed by atoms with E-state index in [1.165, 1.54) is 0 Å². The van der Waals surface area contributed by atoms with Crippen LogP contribution in [0.25, 0.3) is 0 Å². The van der Waals surface area contributed by atoms with Crippen molar-refractivity contribution >= 4 is 5.69 Å². The first-order chi connectivity index (χ1) is 5.41. The van der Waals surface area contributed by atoms with E-state index in [2.05, 4.69) is 4.98 Å². The largest absolute Gasteiger partial charge is 0.492 e. The van der Waals surface area contributed by atoms with Crippen molar-refractivity contribution in [2.45, 2.75) is 6.18 Å². The predicted molar refractivity (Wildman–Crippen MR) is 35.3 cm³/mol. The standard InChI is InChI=1S/C6H5F3N2O/c7-6(8,9)4-2-1-3(10)5(12)11-4/h1-2H,10H2,(H,11,12). The number of nitrogens with two attached hydrogens (primary N) is 1. The molecule has 1 heterocycles. The van der Waals surface area contributed by atoms with Crippen molar-refractivity contribution < 1.29 is 18.3 Å². The second-order valence-electron chi connectivity index (χ2n) is 2.11. The lowest BCUT2D eigenvalue weighted by atomic mass is 10.3. The number of hydrogen-bond donors (Lipinski definition) is 2. The van der Waals surface area contributed by atoms with Crippen molar-refractivity contribution in [3.05, 3.63) is 17.8 Å². The molecule has 0 fully saturated rings. The summed E-state index contributed by atoms with van der Waals surface area (Å²) < 4.78 is 35.7. The fourth-order valence-corrected chi connectivity index (χ4v) is 0.617. The van der Waals surface area contributed by atoms with E-state index in [0.29, 0.717) is 6.07 Å². The SMILES string of the molecule is Nc1ccc(C(F)(F)F)nc1O. The summed E-state index contributed by atoms with van der Waals surface area (Å²) in [6.07, 6.45) is -4.55. The van der Waals surface area contributed by atoms with E-state index < -0.39 is 17.8 Å². The van der Waals surface area contributed by atoms with E-state index in [1.807, 2.05) is 0 Å². The zero-order valence-electron chi connectivity index (χ0n) is 5.76. The van der Waals surface area contributed by atoms with Gasteiger partial charge < -0.3 is 10.8 Å². The number of aromatic hydroxyl groups is 1. The number of nitrogen functional groups attached to an aromatic ring is 1. The predicted octanol–water partition coefficient (Wildman–Crippen LogP) is 1.39. The van der Waals surface area contributed by atoms with Gasteiger partial charge in [0.15, 0.2) is 0 Å². The van der Waals surface area contributed by atoms with E-state index in [1.54, 1.807) is 0 Å². The van der Waals surface area contributed by atoms with Crippen molar-refractivity contribution in [2.75, 3.05) is 5.73 Å². The fourth-order valence-electron chi connectivity index (χ4n) is 0.617. The molecule has 0 aliphatic carbocycles. The van der Waals surface area contributed by atoms with Gasteiger partial charge in [0.2, 0.25) is 5.88 Å². The Morgan fingerprint density at radius 2 is 1.92 bits per heavy atom. The first kappa shape index (κ1) is 8.63. The minimum atomic E-state index is -4.55. The molecule has 0 amide bonds. The highest BCUT2D eigenvalue weighted by Crippen LogP contribution is 2.30. The third-order valence-electron chi connectivity index (χ3n) is 1.20. The van der Waals surface area contributed by atoms with Crippen LogP contribution in [0.5, 0.6) is 5.88 Å². The van der Waals surface area contributed by atoms with Crippen molar-refractivity contribution in [1.29, 1.82) is 0 Å². The average molecular weight is 178 g/mol. The molecular formula is C6H5F3N2O. The van der Waals surface area contributed by atoms with E-state index in [4.69, 9.17) is 10.8 Å². The van der Waals surface area contributed by atoms with Gasteiger partial charge in [-0.25, -0.2) is 4.98 Å². The number of pyridine rings is 1. The number of halogens is 3. The minimum Gasteiger partial charge on any atom is -0.492 e. The van der Waals surface area contributed by atoms with Gasteiger partial charge >= 0.3 is 6.18 Å². The van der Waals surface area contributed by atoms with Crippen LogP contribution in [0.4, 0.5) is 18.9 Å². The van der Waals surface area contributed by atoms with E-state index >= 15 is 0 Å². The minimum absolute atomic E-state index is 0.178. The van der Waals surface area contributed by atoms with Crippen LogP contribution < -0.4 is 5.73 Å². The van der Waals surface area contributed by atoms with Crippen LogP contribution in [0.2, 0.25) is 0 Å². The van der Waals surface area contributed by atoms with E-state index in [-0.39, 0.29) is 5.69 Å². The van der Waals surface area contributed by atoms with Crippen molar-refractivity contribution in [3.63, 3.8) is 0 Å². The average Bonchev–Trinajstić information content (AvgIpc) is 1.92. The van der Waals surface area contributed by atoms with Gasteiger partial charge in [-0.05, 0) is 12.1 Å². The van der Waals surface area contributed by atoms with Crippen LogP contribution in [-0.2, 0) is 6.18 Å². The Bertz CT molecular complexity index is 297. The Hall–Kier alpha value is -1.46. The monoisotopic (exact) mass is 178 g/mol. The summed E-state index contributed by atoms with van der Waals surface area (Å²) in [6, 6.07) is 1.65. The smallest absolute Gasteiger partial charge is 0.433 e. The molecule has 0 saturated carbocycles. The fraction of sp³-hybridized carbons (Fsp3) is 0.167. The molecule has 0 radical (unpaired) electrons. The van der Waals surface area contributed by atoms with Gasteiger partial charge in [-0.15, -0.1) is 0 Å². The second kappa shape index (κ2) is 2.54. The molecule has 0 aliphatic heterocycles. The second-order valence-corrected chi connectivity index (χ2v) is 2.11. The zero-order valence-corrected chi connectivity index (χ0v) is 5.76. The maximum Gasteiger partial charge on any atom is 0.433 e. The molecule has 3 N–H and O–H groups in total. The summed E-state index contributed by atoms with van der Waals surface area (Å²) in [6.45, 7) is 0. The van der Waals surface area contributed by atoms with Crippen LogP contribution in [0.1, 0.15) is 5.69 Å². The summed E-state index contributed by atoms with van der Waals surface area (Å²) >= 11 is 0. The summed E-state index contributed by atoms with van der Waals surface area (Å²) in [7, 11) is 0. The number of alkyl halides is 3. The highest BCUT2D eigenvalue weighted by atomic mass is 19.4. The van der Waals surface area contributed by atoms with Gasteiger partial charge in [0.05, 0.1) is 5.69 Å². The molecule has 0 unspecified atom stereocenters. The van der Waals surface area contributed by atoms with Gasteiger partial charge in [0, 0.05) is 0 Å². The number of aromatic nitrogens is 1. The molecule has 0 atom stereocenters. The topological polar surface area (TPSA) is 59.1 Å². The molecule has 12 heavy (non-hydrogen) atoms. The highest BCUT2D eigenvalue weighted by Gasteiger charge is 2.32. The molecule has 3 nitrogen and oxygen atoms in total. The Kier molecular flexibility index (Phi) is 1.83. The maximum atomic E-state index is 11.9. The summed E-state index contributed by atoms with van der Waals surface area (Å²) in [5.74, 6) is -0.801. The van der Waals surface area contributed by atoms with Gasteiger partial charge in [0.25, 0.3) is 0 Å². The van der Waals surface area contributed by atoms with Gasteiger partial charge in [-0.2, -0.15) is 13.2 Å². The number of hydrogen-bond acceptors (Lipinski definition) is 3. The van der Waals surface area contributed by atoms with Gasteiger partial charge in [-0.3, -0.25) is 0 Å². The van der Waals surface area contributed by atoms with Crippen LogP contribution in [0.15, 0.2) is 12.1 Å². The van der Waals surface area contributed by atoms with Crippen LogP contribution in [0, 0.1) is 0 Å². The normalized spacial score (nSPS) is 11.6. The number of anilines is 1. The quantitative estimate of drug-likeness (QED) is 0.631. The Morgan fingerprint density at radius 1 is 1.33 bits per heavy atom. The molecule has 0 aromatic carbocycles. The van der Waals surface area contributed by atoms with Crippen LogP contribution in [0.3, 0.4) is 0 Å². The molecule has 1 aromatic rings. The summed E-state index contributed by atoms with van der Waals surface area (Å²) in [4.78, 5) is 2.85. The highest BCUT2D eigenvalue weighted by molar-refractivity contribution is 5.47. The van der Waals surface area contributed by atoms with Crippen LogP contribution in [-0.4, -0.2) is 10.1 Å². The molecule has 0 spiro atoms. The van der Waals surface area contributed by atoms with Crippen LogP contribution >= 0.6 is 0 Å². The number of nitrogens with zero attached hydrogens (tertiary/aromatic N) is 1. The van der Waals surface area contributed by atoms with Gasteiger partial charge in [-0.1, -0.05) is 0 Å². The van der Waals surface area contributed by atoms with Crippen molar-refractivity contribution in [3.8, 4) is 5.88 Å². The van der Waals surface area contributed by atoms with E-state index in [9.17, 15) is 13.2 Å². The number of rotatable bonds is 0. The first-order valence-electron chi connectivity index (χ1n) is 2.94. The first-order valence-corrected chi connectivity index (χ1v) is 2.94.